The van der Waals surface area contributed by atoms with Crippen LogP contribution in [0.4, 0.5) is 0 Å². The van der Waals surface area contributed by atoms with Crippen LogP contribution >= 0.6 is 0 Å². The van der Waals surface area contributed by atoms with Crippen LogP contribution in [0, 0.1) is 0 Å². The molecule has 0 aromatic carbocycles. The zero-order chi connectivity index (χ0) is 10.8. The number of nitrogens with zero attached hydrogens (tertiary/aromatic N) is 3. The van der Waals surface area contributed by atoms with Gasteiger partial charge in [-0.3, -0.25) is 4.79 Å². The van der Waals surface area contributed by atoms with E-state index < -0.39 is 5.97 Å². The third-order valence-corrected chi connectivity index (χ3v) is 2.57. The Morgan fingerprint density at radius 3 is 2.87 bits per heavy atom. The molecule has 0 saturated heterocycles. The maximum Gasteiger partial charge on any atom is 0.309 e. The standard InChI is InChI=1S/C10H15N3O2/c1-2-3-9-8(6-10(14)15)11-12-13(9)7-4-5-7/h7H,2-6H2,1H3,(H,14,15). The predicted molar refractivity (Wildman–Crippen MR) is 53.6 cm³/mol. The molecular formula is C10H15N3O2. The molecule has 1 fully saturated rings. The highest BCUT2D eigenvalue weighted by molar-refractivity contribution is 5.69. The highest BCUT2D eigenvalue weighted by atomic mass is 16.4. The second-order valence-corrected chi connectivity index (χ2v) is 3.98. The average Bonchev–Trinajstić information content (AvgIpc) is 2.93. The van der Waals surface area contributed by atoms with Crippen molar-refractivity contribution in [3.8, 4) is 0 Å². The molecule has 5 heteroatoms. The molecule has 1 aliphatic carbocycles. The van der Waals surface area contributed by atoms with E-state index in [1.165, 1.54) is 0 Å². The summed E-state index contributed by atoms with van der Waals surface area (Å²) in [6.45, 7) is 2.08. The van der Waals surface area contributed by atoms with Crippen molar-refractivity contribution in [1.82, 2.24) is 15.0 Å². The first kappa shape index (κ1) is 10.1. The molecule has 0 radical (unpaired) electrons. The maximum atomic E-state index is 10.6. The highest BCUT2D eigenvalue weighted by Crippen LogP contribution is 2.35. The second kappa shape index (κ2) is 4.00. The molecule has 1 aromatic heterocycles. The van der Waals surface area contributed by atoms with Gasteiger partial charge in [0, 0.05) is 0 Å². The summed E-state index contributed by atoms with van der Waals surface area (Å²) < 4.78 is 1.92. The van der Waals surface area contributed by atoms with Crippen molar-refractivity contribution < 1.29 is 9.90 Å². The molecule has 0 aliphatic heterocycles. The molecule has 0 amide bonds. The van der Waals surface area contributed by atoms with E-state index in [2.05, 4.69) is 17.2 Å². The molecule has 5 nitrogen and oxygen atoms in total. The summed E-state index contributed by atoms with van der Waals surface area (Å²) in [7, 11) is 0. The lowest BCUT2D eigenvalue weighted by atomic mass is 10.1. The summed E-state index contributed by atoms with van der Waals surface area (Å²) >= 11 is 0. The third-order valence-electron chi connectivity index (χ3n) is 2.57. The van der Waals surface area contributed by atoms with Gasteiger partial charge in [-0.25, -0.2) is 4.68 Å². The van der Waals surface area contributed by atoms with E-state index >= 15 is 0 Å². The van der Waals surface area contributed by atoms with Crippen LogP contribution in [0.5, 0.6) is 0 Å². The van der Waals surface area contributed by atoms with Crippen LogP contribution in [0.3, 0.4) is 0 Å². The largest absolute Gasteiger partial charge is 0.481 e. The fraction of sp³-hybridized carbons (Fsp3) is 0.700. The fourth-order valence-corrected chi connectivity index (χ4v) is 1.73. The van der Waals surface area contributed by atoms with Crippen LogP contribution in [0.1, 0.15) is 43.6 Å². The minimum Gasteiger partial charge on any atom is -0.481 e. The number of carboxylic acid groups (broad SMARTS) is 1. The summed E-state index contributed by atoms with van der Waals surface area (Å²) in [4.78, 5) is 10.6. The normalized spacial score (nSPS) is 15.5. The van der Waals surface area contributed by atoms with E-state index in [0.29, 0.717) is 11.7 Å². The lowest BCUT2D eigenvalue weighted by Gasteiger charge is -2.04. The van der Waals surface area contributed by atoms with Gasteiger partial charge in [-0.15, -0.1) is 5.10 Å². The SMILES string of the molecule is CCCc1c(CC(=O)O)nnn1C1CC1. The van der Waals surface area contributed by atoms with Crippen LogP contribution in [0.25, 0.3) is 0 Å². The van der Waals surface area contributed by atoms with Gasteiger partial charge < -0.3 is 5.11 Å². The Morgan fingerprint density at radius 1 is 1.60 bits per heavy atom. The molecule has 0 spiro atoms. The molecule has 1 heterocycles. The van der Waals surface area contributed by atoms with Gasteiger partial charge in [-0.2, -0.15) is 0 Å². The van der Waals surface area contributed by atoms with Gasteiger partial charge >= 0.3 is 5.97 Å². The van der Waals surface area contributed by atoms with Gasteiger partial charge in [0.2, 0.25) is 0 Å². The fourth-order valence-electron chi connectivity index (χ4n) is 1.73. The summed E-state index contributed by atoms with van der Waals surface area (Å²) in [6, 6.07) is 0.474. The third kappa shape index (κ3) is 2.16. The van der Waals surface area contributed by atoms with E-state index in [1.807, 2.05) is 4.68 Å². The quantitative estimate of drug-likeness (QED) is 0.791. The highest BCUT2D eigenvalue weighted by Gasteiger charge is 2.28. The Hall–Kier alpha value is -1.39. The summed E-state index contributed by atoms with van der Waals surface area (Å²) in [5, 5.41) is 16.8. The summed E-state index contributed by atoms with van der Waals surface area (Å²) in [5.41, 5.74) is 1.65. The Kier molecular flexibility index (Phi) is 2.70. The summed E-state index contributed by atoms with van der Waals surface area (Å²) in [5.74, 6) is -0.838. The van der Waals surface area contributed by atoms with Gasteiger partial charge in [0.05, 0.1) is 23.9 Å². The van der Waals surface area contributed by atoms with Crippen molar-refractivity contribution >= 4 is 5.97 Å². The molecule has 0 atom stereocenters. The Balaban J connectivity index is 2.24. The van der Waals surface area contributed by atoms with Crippen molar-refractivity contribution in [2.45, 2.75) is 45.1 Å². The topological polar surface area (TPSA) is 68.0 Å². The molecule has 1 aromatic rings. The van der Waals surface area contributed by atoms with Gasteiger partial charge in [-0.05, 0) is 19.3 Å². The lowest BCUT2D eigenvalue weighted by Crippen LogP contribution is -2.07. The number of hydrogen-bond acceptors (Lipinski definition) is 3. The number of carboxylic acids is 1. The zero-order valence-electron chi connectivity index (χ0n) is 8.81. The van der Waals surface area contributed by atoms with Gasteiger partial charge in [0.25, 0.3) is 0 Å². The van der Waals surface area contributed by atoms with Crippen LogP contribution < -0.4 is 0 Å². The minimum atomic E-state index is -0.838. The monoisotopic (exact) mass is 209 g/mol. The Labute approximate surface area is 88.1 Å². The van der Waals surface area contributed by atoms with Crippen LogP contribution in [-0.4, -0.2) is 26.1 Å². The van der Waals surface area contributed by atoms with Crippen molar-refractivity contribution in [1.29, 1.82) is 0 Å². The molecule has 1 N–H and O–H groups in total. The number of rotatable bonds is 5. The van der Waals surface area contributed by atoms with Crippen LogP contribution in [-0.2, 0) is 17.6 Å². The van der Waals surface area contributed by atoms with Gasteiger partial charge in [0.1, 0.15) is 0 Å². The number of hydrogen-bond donors (Lipinski definition) is 1. The smallest absolute Gasteiger partial charge is 0.309 e. The predicted octanol–water partition coefficient (Wildman–Crippen LogP) is 1.19. The van der Waals surface area contributed by atoms with Gasteiger partial charge in [0.15, 0.2) is 0 Å². The second-order valence-electron chi connectivity index (χ2n) is 3.98. The van der Waals surface area contributed by atoms with Crippen molar-refractivity contribution in [3.05, 3.63) is 11.4 Å². The molecular weight excluding hydrogens is 194 g/mol. The minimum absolute atomic E-state index is 0.0119. The number of aliphatic carboxylic acids is 1. The summed E-state index contributed by atoms with van der Waals surface area (Å²) in [6.07, 6.45) is 4.14. The first-order valence-electron chi connectivity index (χ1n) is 5.37. The van der Waals surface area contributed by atoms with E-state index in [0.717, 1.165) is 31.4 Å². The van der Waals surface area contributed by atoms with Gasteiger partial charge in [-0.1, -0.05) is 18.6 Å². The van der Waals surface area contributed by atoms with Crippen LogP contribution in [0.15, 0.2) is 0 Å². The first-order chi connectivity index (χ1) is 7.22. The molecule has 0 bridgehead atoms. The van der Waals surface area contributed by atoms with Crippen molar-refractivity contribution in [2.24, 2.45) is 0 Å². The molecule has 15 heavy (non-hydrogen) atoms. The average molecular weight is 209 g/mol. The van der Waals surface area contributed by atoms with E-state index in [4.69, 9.17) is 5.11 Å². The first-order valence-corrected chi connectivity index (χ1v) is 5.37. The molecule has 0 unspecified atom stereocenters. The zero-order valence-corrected chi connectivity index (χ0v) is 8.81. The maximum absolute atomic E-state index is 10.6. The number of aromatic nitrogens is 3. The van der Waals surface area contributed by atoms with Crippen molar-refractivity contribution in [2.75, 3.05) is 0 Å². The molecule has 1 aliphatic rings. The molecule has 1 saturated carbocycles. The van der Waals surface area contributed by atoms with E-state index in [9.17, 15) is 4.79 Å². The van der Waals surface area contributed by atoms with Crippen molar-refractivity contribution in [3.63, 3.8) is 0 Å². The molecule has 2 rings (SSSR count). The molecule has 82 valence electrons. The van der Waals surface area contributed by atoms with E-state index in [1.54, 1.807) is 0 Å². The number of carbonyl (C=O) groups is 1. The Bertz CT molecular complexity index is 369. The lowest BCUT2D eigenvalue weighted by molar-refractivity contribution is -0.136. The van der Waals surface area contributed by atoms with Crippen LogP contribution in [0.2, 0.25) is 0 Å². The Morgan fingerprint density at radius 2 is 2.33 bits per heavy atom. The van der Waals surface area contributed by atoms with E-state index in [-0.39, 0.29) is 6.42 Å².